The summed E-state index contributed by atoms with van der Waals surface area (Å²) >= 11 is 0. The van der Waals surface area contributed by atoms with E-state index in [-0.39, 0.29) is 23.1 Å². The van der Waals surface area contributed by atoms with Crippen LogP contribution < -0.4 is 16.6 Å². The van der Waals surface area contributed by atoms with Gasteiger partial charge in [-0.1, -0.05) is 13.8 Å². The molecule has 3 N–H and O–H groups in total. The molecule has 1 heterocycles. The number of anilines is 1. The maximum absolute atomic E-state index is 12.2. The molecule has 98 valence electrons. The first kappa shape index (κ1) is 11.7. The zero-order valence-corrected chi connectivity index (χ0v) is 10.9. The Morgan fingerprint density at radius 1 is 1.50 bits per heavy atom. The van der Waals surface area contributed by atoms with Crippen LogP contribution in [0.3, 0.4) is 0 Å². The third-order valence-corrected chi connectivity index (χ3v) is 4.46. The Morgan fingerprint density at radius 3 is 2.78 bits per heavy atom. The lowest BCUT2D eigenvalue weighted by molar-refractivity contribution is 0.117. The summed E-state index contributed by atoms with van der Waals surface area (Å²) in [5, 5.41) is 3.27. The second-order valence-electron chi connectivity index (χ2n) is 6.08. The van der Waals surface area contributed by atoms with Crippen molar-refractivity contribution >= 4 is 5.82 Å². The minimum atomic E-state index is -0.00345. The van der Waals surface area contributed by atoms with Crippen LogP contribution in [0.2, 0.25) is 0 Å². The van der Waals surface area contributed by atoms with Crippen LogP contribution >= 0.6 is 0 Å². The van der Waals surface area contributed by atoms with Gasteiger partial charge in [0.15, 0.2) is 5.82 Å². The zero-order chi connectivity index (χ0) is 12.9. The lowest BCUT2D eigenvalue weighted by atomic mass is 9.63. The van der Waals surface area contributed by atoms with Crippen LogP contribution in [0.1, 0.15) is 39.2 Å². The van der Waals surface area contributed by atoms with Crippen LogP contribution in [0.25, 0.3) is 0 Å². The van der Waals surface area contributed by atoms with Crippen LogP contribution in [0.4, 0.5) is 5.82 Å². The molecule has 18 heavy (non-hydrogen) atoms. The van der Waals surface area contributed by atoms with Gasteiger partial charge in [0.1, 0.15) is 0 Å². The summed E-state index contributed by atoms with van der Waals surface area (Å²) in [6, 6.07) is 0.824. The summed E-state index contributed by atoms with van der Waals surface area (Å²) < 4.78 is 1.79. The van der Waals surface area contributed by atoms with E-state index in [9.17, 15) is 4.79 Å². The molecule has 0 radical (unpaired) electrons. The first-order valence-corrected chi connectivity index (χ1v) is 6.59. The fourth-order valence-electron chi connectivity index (χ4n) is 2.53. The molecule has 1 aromatic heterocycles. The first-order valence-electron chi connectivity index (χ1n) is 6.59. The van der Waals surface area contributed by atoms with Crippen molar-refractivity contribution in [2.24, 2.45) is 11.1 Å². The average molecular weight is 248 g/mol. The zero-order valence-electron chi connectivity index (χ0n) is 10.9. The highest BCUT2D eigenvalue weighted by molar-refractivity contribution is 5.35. The van der Waals surface area contributed by atoms with Crippen molar-refractivity contribution in [2.45, 2.75) is 51.2 Å². The van der Waals surface area contributed by atoms with Gasteiger partial charge in [-0.3, -0.25) is 4.79 Å². The van der Waals surface area contributed by atoms with E-state index in [4.69, 9.17) is 5.73 Å². The van der Waals surface area contributed by atoms with E-state index in [1.165, 1.54) is 0 Å². The Balaban J connectivity index is 1.81. The summed E-state index contributed by atoms with van der Waals surface area (Å²) in [6.45, 7) is 4.25. The van der Waals surface area contributed by atoms with Crippen LogP contribution in [0.5, 0.6) is 0 Å². The van der Waals surface area contributed by atoms with Gasteiger partial charge in [-0.25, -0.2) is 4.98 Å². The van der Waals surface area contributed by atoms with Crippen molar-refractivity contribution < 1.29 is 0 Å². The Hall–Kier alpha value is -1.36. The first-order chi connectivity index (χ1) is 8.50. The maximum atomic E-state index is 12.2. The lowest BCUT2D eigenvalue weighted by Crippen LogP contribution is -2.61. The molecule has 2 aliphatic carbocycles. The minimum absolute atomic E-state index is 0.00345. The molecule has 1 aromatic rings. The average Bonchev–Trinajstić information content (AvgIpc) is 3.15. The van der Waals surface area contributed by atoms with Gasteiger partial charge >= 0.3 is 0 Å². The fourth-order valence-corrected chi connectivity index (χ4v) is 2.53. The highest BCUT2D eigenvalue weighted by atomic mass is 16.1. The summed E-state index contributed by atoms with van der Waals surface area (Å²) in [5.74, 6) is 0.467. The van der Waals surface area contributed by atoms with Crippen molar-refractivity contribution in [2.75, 3.05) is 5.32 Å². The Kier molecular flexibility index (Phi) is 2.48. The molecular weight excluding hydrogens is 228 g/mol. The molecule has 0 aliphatic heterocycles. The topological polar surface area (TPSA) is 72.9 Å². The lowest BCUT2D eigenvalue weighted by Gasteiger charge is -2.50. The molecule has 5 nitrogen and oxygen atoms in total. The normalized spacial score (nSPS) is 29.7. The molecule has 3 rings (SSSR count). The molecular formula is C13H20N4O. The van der Waals surface area contributed by atoms with E-state index < -0.39 is 0 Å². The molecule has 2 saturated carbocycles. The largest absolute Gasteiger partial charge is 0.362 e. The van der Waals surface area contributed by atoms with E-state index in [0.29, 0.717) is 11.9 Å². The van der Waals surface area contributed by atoms with E-state index in [1.807, 2.05) is 0 Å². The highest BCUT2D eigenvalue weighted by Gasteiger charge is 2.46. The van der Waals surface area contributed by atoms with Gasteiger partial charge in [-0.2, -0.15) is 0 Å². The molecule has 0 spiro atoms. The van der Waals surface area contributed by atoms with Crippen LogP contribution in [-0.4, -0.2) is 21.6 Å². The van der Waals surface area contributed by atoms with Crippen LogP contribution in [-0.2, 0) is 0 Å². The molecule has 0 saturated heterocycles. The third kappa shape index (κ3) is 1.73. The van der Waals surface area contributed by atoms with Gasteiger partial charge < -0.3 is 15.6 Å². The molecule has 2 atom stereocenters. The predicted octanol–water partition coefficient (Wildman–Crippen LogP) is 1.12. The highest BCUT2D eigenvalue weighted by Crippen LogP contribution is 2.40. The Bertz CT molecular complexity index is 518. The van der Waals surface area contributed by atoms with Gasteiger partial charge in [0, 0.05) is 35.9 Å². The molecule has 0 amide bonds. The van der Waals surface area contributed by atoms with Crippen molar-refractivity contribution in [3.05, 3.63) is 22.7 Å². The number of rotatable bonds is 3. The number of hydrogen-bond donors (Lipinski definition) is 2. The summed E-state index contributed by atoms with van der Waals surface area (Å²) in [5.41, 5.74) is 6.00. The summed E-state index contributed by atoms with van der Waals surface area (Å²) in [7, 11) is 0. The summed E-state index contributed by atoms with van der Waals surface area (Å²) in [6.07, 6.45) is 6.58. The predicted molar refractivity (Wildman–Crippen MR) is 70.6 cm³/mol. The van der Waals surface area contributed by atoms with E-state index in [1.54, 1.807) is 17.0 Å². The van der Waals surface area contributed by atoms with Crippen LogP contribution in [0.15, 0.2) is 17.2 Å². The summed E-state index contributed by atoms with van der Waals surface area (Å²) in [4.78, 5) is 16.4. The molecule has 0 aromatic carbocycles. The van der Waals surface area contributed by atoms with E-state index >= 15 is 0 Å². The van der Waals surface area contributed by atoms with Crippen molar-refractivity contribution in [1.29, 1.82) is 0 Å². The molecule has 2 fully saturated rings. The molecule has 2 aliphatic rings. The van der Waals surface area contributed by atoms with E-state index in [2.05, 4.69) is 24.1 Å². The smallest absolute Gasteiger partial charge is 0.293 e. The third-order valence-electron chi connectivity index (χ3n) is 4.46. The number of aromatic nitrogens is 2. The number of nitrogens with one attached hydrogen (secondary N) is 1. The Labute approximate surface area is 106 Å². The molecule has 2 unspecified atom stereocenters. The fraction of sp³-hybridized carbons (Fsp3) is 0.692. The van der Waals surface area contributed by atoms with Gasteiger partial charge in [0.25, 0.3) is 5.56 Å². The van der Waals surface area contributed by atoms with Crippen LogP contribution in [0, 0.1) is 5.41 Å². The SMILES string of the molecule is CC1(C)C(N)CC1Nc1nccn(C2CC2)c1=O. The molecule has 0 bridgehead atoms. The number of hydrogen-bond acceptors (Lipinski definition) is 4. The van der Waals surface area contributed by atoms with Crippen molar-refractivity contribution in [3.8, 4) is 0 Å². The maximum Gasteiger partial charge on any atom is 0.293 e. The van der Waals surface area contributed by atoms with Crippen molar-refractivity contribution in [3.63, 3.8) is 0 Å². The molecule has 5 heteroatoms. The van der Waals surface area contributed by atoms with E-state index in [0.717, 1.165) is 19.3 Å². The Morgan fingerprint density at radius 2 is 2.22 bits per heavy atom. The van der Waals surface area contributed by atoms with Gasteiger partial charge in [-0.05, 0) is 19.3 Å². The number of nitrogens with zero attached hydrogens (tertiary/aromatic N) is 2. The second kappa shape index (κ2) is 3.82. The second-order valence-corrected chi connectivity index (χ2v) is 6.08. The van der Waals surface area contributed by atoms with Gasteiger partial charge in [0.05, 0.1) is 0 Å². The number of nitrogens with two attached hydrogens (primary N) is 1. The standard InChI is InChI=1S/C13H20N4O/c1-13(2)9(14)7-10(13)16-11-12(18)17(6-5-15-11)8-3-4-8/h5-6,8-10H,3-4,7,14H2,1-2H3,(H,15,16). The van der Waals surface area contributed by atoms with Gasteiger partial charge in [0.2, 0.25) is 0 Å². The quantitative estimate of drug-likeness (QED) is 0.840. The van der Waals surface area contributed by atoms with Gasteiger partial charge in [-0.15, -0.1) is 0 Å². The van der Waals surface area contributed by atoms with Crippen molar-refractivity contribution in [1.82, 2.24) is 9.55 Å². The minimum Gasteiger partial charge on any atom is -0.362 e. The monoisotopic (exact) mass is 248 g/mol.